The van der Waals surface area contributed by atoms with Crippen molar-refractivity contribution in [2.24, 2.45) is 10.3 Å². The van der Waals surface area contributed by atoms with E-state index in [0.29, 0.717) is 34.4 Å². The van der Waals surface area contributed by atoms with Crippen LogP contribution < -0.4 is 9.68 Å². The smallest absolute Gasteiger partial charge is 0.157 e. The lowest BCUT2D eigenvalue weighted by Crippen LogP contribution is -1.98. The van der Waals surface area contributed by atoms with E-state index in [-0.39, 0.29) is 0 Å². The van der Waals surface area contributed by atoms with E-state index in [1.54, 1.807) is 0 Å². The van der Waals surface area contributed by atoms with E-state index in [4.69, 9.17) is 14.1 Å². The van der Waals surface area contributed by atoms with Gasteiger partial charge in [-0.3, -0.25) is 0 Å². The summed E-state index contributed by atoms with van der Waals surface area (Å²) in [7, 11) is 0. The number of rotatable bonds is 6. The van der Waals surface area contributed by atoms with Crippen molar-refractivity contribution in [2.75, 3.05) is 0 Å². The van der Waals surface area contributed by atoms with E-state index in [9.17, 15) is 0 Å². The van der Waals surface area contributed by atoms with Crippen LogP contribution in [0.2, 0.25) is 0 Å². The summed E-state index contributed by atoms with van der Waals surface area (Å²) in [6.45, 7) is 3.64. The van der Waals surface area contributed by atoms with E-state index >= 15 is 0 Å². The van der Waals surface area contributed by atoms with E-state index in [2.05, 4.69) is 10.3 Å². The third-order valence-electron chi connectivity index (χ3n) is 3.38. The maximum atomic E-state index is 5.76. The standard InChI is InChI=1S/C20H18N2O3/c1-15(21-24-17-9-5-3-6-10-17)19-13-14-20(23-19)16(2)22-25-18-11-7-4-8-12-18/h3-14H,1-2H3/b21-15+,22-16+. The van der Waals surface area contributed by atoms with Gasteiger partial charge in [-0.15, -0.1) is 0 Å². The zero-order chi connectivity index (χ0) is 17.5. The maximum Gasteiger partial charge on any atom is 0.157 e. The fourth-order valence-corrected chi connectivity index (χ4v) is 2.02. The molecule has 0 fully saturated rings. The van der Waals surface area contributed by atoms with Gasteiger partial charge < -0.3 is 14.1 Å². The summed E-state index contributed by atoms with van der Waals surface area (Å²) in [5.41, 5.74) is 1.26. The molecule has 0 saturated heterocycles. The molecule has 1 aromatic heterocycles. The number of benzene rings is 2. The first-order chi connectivity index (χ1) is 12.2. The van der Waals surface area contributed by atoms with Crippen LogP contribution in [-0.4, -0.2) is 11.4 Å². The Balaban J connectivity index is 1.66. The van der Waals surface area contributed by atoms with Gasteiger partial charge in [0.2, 0.25) is 0 Å². The Bertz CT molecular complexity index is 796. The van der Waals surface area contributed by atoms with E-state index < -0.39 is 0 Å². The predicted octanol–water partition coefficient (Wildman–Crippen LogP) is 4.89. The van der Waals surface area contributed by atoms with Gasteiger partial charge in [0, 0.05) is 0 Å². The molecule has 1 heterocycles. The largest absolute Gasteiger partial charge is 0.453 e. The summed E-state index contributed by atoms with van der Waals surface area (Å²) in [5.74, 6) is 2.56. The lowest BCUT2D eigenvalue weighted by molar-refractivity contribution is 0.338. The molecule has 126 valence electrons. The first kappa shape index (κ1) is 16.5. The third-order valence-corrected chi connectivity index (χ3v) is 3.38. The average Bonchev–Trinajstić information content (AvgIpc) is 3.16. The second-order valence-electron chi connectivity index (χ2n) is 5.33. The third kappa shape index (κ3) is 4.57. The average molecular weight is 334 g/mol. The number of furan rings is 1. The summed E-state index contributed by atoms with van der Waals surface area (Å²) in [4.78, 5) is 10.7. The second-order valence-corrected chi connectivity index (χ2v) is 5.33. The first-order valence-electron chi connectivity index (χ1n) is 7.86. The predicted molar refractivity (Wildman–Crippen MR) is 97.3 cm³/mol. The Morgan fingerprint density at radius 2 is 1.04 bits per heavy atom. The Kier molecular flexibility index (Phi) is 5.26. The Morgan fingerprint density at radius 1 is 0.640 bits per heavy atom. The molecule has 0 spiro atoms. The van der Waals surface area contributed by atoms with Crippen molar-refractivity contribution in [1.82, 2.24) is 0 Å². The molecule has 0 aliphatic heterocycles. The molecule has 0 aliphatic carbocycles. The van der Waals surface area contributed by atoms with Crippen molar-refractivity contribution in [3.05, 3.63) is 84.3 Å². The molecule has 5 nitrogen and oxygen atoms in total. The van der Waals surface area contributed by atoms with Crippen LogP contribution in [0, 0.1) is 0 Å². The molecule has 2 aromatic carbocycles. The summed E-state index contributed by atoms with van der Waals surface area (Å²) in [6, 6.07) is 22.4. The fraction of sp³-hybridized carbons (Fsp3) is 0.100. The van der Waals surface area contributed by atoms with Crippen molar-refractivity contribution < 1.29 is 14.1 Å². The monoisotopic (exact) mass is 334 g/mol. The van der Waals surface area contributed by atoms with Crippen LogP contribution in [0.5, 0.6) is 11.5 Å². The summed E-state index contributed by atoms with van der Waals surface area (Å²) >= 11 is 0. The summed E-state index contributed by atoms with van der Waals surface area (Å²) in [5, 5.41) is 8.17. The van der Waals surface area contributed by atoms with Gasteiger partial charge in [-0.2, -0.15) is 0 Å². The van der Waals surface area contributed by atoms with Crippen LogP contribution in [0.15, 0.2) is 87.5 Å². The van der Waals surface area contributed by atoms with E-state index in [0.717, 1.165) is 0 Å². The van der Waals surface area contributed by atoms with Crippen LogP contribution in [0.4, 0.5) is 0 Å². The van der Waals surface area contributed by atoms with Crippen LogP contribution in [0.1, 0.15) is 25.4 Å². The summed E-state index contributed by atoms with van der Waals surface area (Å²) in [6.07, 6.45) is 0. The molecule has 0 N–H and O–H groups in total. The molecular formula is C20H18N2O3. The van der Waals surface area contributed by atoms with Gasteiger partial charge in [-0.1, -0.05) is 46.7 Å². The number of nitrogens with zero attached hydrogens (tertiary/aromatic N) is 2. The molecule has 0 unspecified atom stereocenters. The van der Waals surface area contributed by atoms with Gasteiger partial charge in [0.15, 0.2) is 23.0 Å². The van der Waals surface area contributed by atoms with Crippen LogP contribution >= 0.6 is 0 Å². The number of para-hydroxylation sites is 2. The lowest BCUT2D eigenvalue weighted by atomic mass is 10.3. The molecule has 0 aliphatic rings. The fourth-order valence-electron chi connectivity index (χ4n) is 2.02. The normalized spacial score (nSPS) is 12.1. The van der Waals surface area contributed by atoms with Crippen molar-refractivity contribution in [2.45, 2.75) is 13.8 Å². The van der Waals surface area contributed by atoms with Crippen LogP contribution in [0.25, 0.3) is 0 Å². The highest BCUT2D eigenvalue weighted by molar-refractivity contribution is 5.99. The Hall–Kier alpha value is -3.34. The molecule has 5 heteroatoms. The van der Waals surface area contributed by atoms with Crippen molar-refractivity contribution in [3.63, 3.8) is 0 Å². The van der Waals surface area contributed by atoms with Gasteiger partial charge in [-0.05, 0) is 50.2 Å². The lowest BCUT2D eigenvalue weighted by Gasteiger charge is -2.00. The van der Waals surface area contributed by atoms with E-state index in [1.807, 2.05) is 86.6 Å². The summed E-state index contributed by atoms with van der Waals surface area (Å²) < 4.78 is 5.76. The topological polar surface area (TPSA) is 56.3 Å². The highest BCUT2D eigenvalue weighted by atomic mass is 16.6. The molecule has 0 atom stereocenters. The molecular weight excluding hydrogens is 316 g/mol. The second kappa shape index (κ2) is 7.97. The van der Waals surface area contributed by atoms with Gasteiger partial charge in [0.1, 0.15) is 11.4 Å². The molecule has 3 aromatic rings. The SMILES string of the molecule is C/C(=N\Oc1ccccc1)c1ccc(/C(C)=N/Oc2ccccc2)o1. The quantitative estimate of drug-likeness (QED) is 0.476. The highest BCUT2D eigenvalue weighted by Crippen LogP contribution is 2.14. The van der Waals surface area contributed by atoms with Crippen LogP contribution in [-0.2, 0) is 0 Å². The zero-order valence-corrected chi connectivity index (χ0v) is 14.0. The number of hydrogen-bond acceptors (Lipinski definition) is 5. The number of hydrogen-bond donors (Lipinski definition) is 0. The minimum Gasteiger partial charge on any atom is -0.453 e. The van der Waals surface area contributed by atoms with Crippen molar-refractivity contribution in [3.8, 4) is 11.5 Å². The molecule has 0 saturated carbocycles. The number of oxime groups is 2. The van der Waals surface area contributed by atoms with Gasteiger partial charge in [0.25, 0.3) is 0 Å². The Morgan fingerprint density at radius 3 is 1.44 bits per heavy atom. The van der Waals surface area contributed by atoms with Gasteiger partial charge in [0.05, 0.1) is 0 Å². The zero-order valence-electron chi connectivity index (χ0n) is 14.0. The van der Waals surface area contributed by atoms with Crippen molar-refractivity contribution >= 4 is 11.4 Å². The molecule has 3 rings (SSSR count). The van der Waals surface area contributed by atoms with Gasteiger partial charge in [-0.25, -0.2) is 0 Å². The maximum absolute atomic E-state index is 5.76. The Labute approximate surface area is 146 Å². The minimum absolute atomic E-state index is 0.611. The van der Waals surface area contributed by atoms with Crippen LogP contribution in [0.3, 0.4) is 0 Å². The first-order valence-corrected chi connectivity index (χ1v) is 7.86. The van der Waals surface area contributed by atoms with E-state index in [1.165, 1.54) is 0 Å². The molecule has 25 heavy (non-hydrogen) atoms. The highest BCUT2D eigenvalue weighted by Gasteiger charge is 2.09. The molecule has 0 bridgehead atoms. The van der Waals surface area contributed by atoms with Crippen molar-refractivity contribution in [1.29, 1.82) is 0 Å². The molecule has 0 amide bonds. The van der Waals surface area contributed by atoms with Gasteiger partial charge >= 0.3 is 0 Å². The molecule has 0 radical (unpaired) electrons. The minimum atomic E-state index is 0.611.